The van der Waals surface area contributed by atoms with Gasteiger partial charge in [-0.05, 0) is 41.8 Å². The molecule has 0 saturated heterocycles. The Balaban J connectivity index is 2.15. The van der Waals surface area contributed by atoms with Gasteiger partial charge in [0.2, 0.25) is 0 Å². The van der Waals surface area contributed by atoms with E-state index in [-0.39, 0.29) is 29.4 Å². The van der Waals surface area contributed by atoms with Gasteiger partial charge < -0.3 is 9.47 Å². The van der Waals surface area contributed by atoms with E-state index in [4.69, 9.17) is 44.3 Å². The topological polar surface area (TPSA) is 52.6 Å². The summed E-state index contributed by atoms with van der Waals surface area (Å²) >= 11 is 18.7. The molecular formula is C24H31Cl3O4S. The number of halogens is 3. The van der Waals surface area contributed by atoms with Gasteiger partial charge in [-0.15, -0.1) is 11.6 Å². The number of hydrogen-bond donors (Lipinski definition) is 0. The molecule has 4 nitrogen and oxygen atoms in total. The summed E-state index contributed by atoms with van der Waals surface area (Å²) in [6.45, 7) is 8.45. The van der Waals surface area contributed by atoms with E-state index >= 15 is 0 Å². The molecule has 2 aromatic rings. The number of alkyl halides is 1. The Morgan fingerprint density at radius 2 is 1.59 bits per heavy atom. The summed E-state index contributed by atoms with van der Waals surface area (Å²) in [4.78, 5) is 0. The maximum atomic E-state index is 11.8. The summed E-state index contributed by atoms with van der Waals surface area (Å²) < 4.78 is 35.1. The highest BCUT2D eigenvalue weighted by Crippen LogP contribution is 2.40. The minimum Gasteiger partial charge on any atom is -0.494 e. The number of rotatable bonds is 12. The van der Waals surface area contributed by atoms with Crippen LogP contribution >= 0.6 is 34.8 Å². The largest absolute Gasteiger partial charge is 0.494 e. The molecule has 178 valence electrons. The molecular weight excluding hydrogens is 491 g/mol. The molecule has 32 heavy (non-hydrogen) atoms. The molecule has 0 heterocycles. The zero-order valence-electron chi connectivity index (χ0n) is 19.0. The molecule has 0 aliphatic carbocycles. The van der Waals surface area contributed by atoms with Crippen molar-refractivity contribution >= 4 is 44.6 Å². The molecule has 0 unspecified atom stereocenters. The second kappa shape index (κ2) is 11.8. The molecule has 0 aromatic heterocycles. The molecule has 0 fully saturated rings. The van der Waals surface area contributed by atoms with Crippen LogP contribution in [0, 0.1) is 5.92 Å². The average Bonchev–Trinajstić information content (AvgIpc) is 2.73. The van der Waals surface area contributed by atoms with Gasteiger partial charge >= 0.3 is 0 Å². The first-order valence-electron chi connectivity index (χ1n) is 10.6. The highest BCUT2D eigenvalue weighted by atomic mass is 35.5. The fraction of sp³-hybridized carbons (Fsp3) is 0.500. The zero-order chi connectivity index (χ0) is 23.9. The predicted molar refractivity (Wildman–Crippen MR) is 135 cm³/mol. The van der Waals surface area contributed by atoms with Gasteiger partial charge in [-0.1, -0.05) is 63.0 Å². The molecule has 0 bridgehead atoms. The Morgan fingerprint density at radius 3 is 2.12 bits per heavy atom. The first-order chi connectivity index (χ1) is 15.0. The molecule has 2 rings (SSSR count). The van der Waals surface area contributed by atoms with Crippen LogP contribution in [0.5, 0.6) is 11.5 Å². The first-order valence-corrected chi connectivity index (χ1v) is 13.7. The van der Waals surface area contributed by atoms with Crippen molar-refractivity contribution in [3.8, 4) is 11.5 Å². The first kappa shape index (κ1) is 27.1. The maximum absolute atomic E-state index is 11.8. The van der Waals surface area contributed by atoms with Crippen LogP contribution in [0.3, 0.4) is 0 Å². The molecule has 1 atom stereocenters. The lowest BCUT2D eigenvalue weighted by Crippen LogP contribution is -2.21. The number of ether oxygens (including phenoxy) is 2. The Kier molecular flexibility index (Phi) is 10.0. The molecule has 0 spiro atoms. The summed E-state index contributed by atoms with van der Waals surface area (Å²) in [5.41, 5.74) is 1.67. The van der Waals surface area contributed by atoms with E-state index < -0.39 is 9.84 Å². The van der Waals surface area contributed by atoms with Crippen LogP contribution in [-0.4, -0.2) is 39.0 Å². The normalized spacial score (nSPS) is 13.1. The minimum atomic E-state index is -3.07. The average molecular weight is 522 g/mol. The van der Waals surface area contributed by atoms with E-state index in [1.54, 1.807) is 6.92 Å². The van der Waals surface area contributed by atoms with Crippen molar-refractivity contribution < 1.29 is 17.9 Å². The maximum Gasteiger partial charge on any atom is 0.156 e. The van der Waals surface area contributed by atoms with E-state index in [1.165, 1.54) is 0 Å². The third-order valence-corrected chi connectivity index (χ3v) is 8.12. The van der Waals surface area contributed by atoms with Crippen LogP contribution < -0.4 is 9.47 Å². The van der Waals surface area contributed by atoms with Gasteiger partial charge in [0.25, 0.3) is 0 Å². The molecule has 8 heteroatoms. The van der Waals surface area contributed by atoms with E-state index in [0.717, 1.165) is 23.3 Å². The van der Waals surface area contributed by atoms with Gasteiger partial charge in [0.15, 0.2) is 5.75 Å². The highest BCUT2D eigenvalue weighted by Gasteiger charge is 2.26. The van der Waals surface area contributed by atoms with Crippen LogP contribution in [-0.2, 0) is 15.3 Å². The Labute approximate surface area is 207 Å². The van der Waals surface area contributed by atoms with Crippen molar-refractivity contribution in [1.82, 2.24) is 0 Å². The van der Waals surface area contributed by atoms with E-state index in [0.29, 0.717) is 28.3 Å². The standard InChI is InChI=1S/C24H31Cl3O4S/c1-5-32(28,29)16-17(2)15-31-23-21(26)13-19(14-22(23)27)24(3,4)18-7-9-20(10-8-18)30-12-6-11-25/h7-10,13-14,17H,5-6,11-12,15-16H2,1-4H3/t17-/m0/s1. The van der Waals surface area contributed by atoms with Gasteiger partial charge in [0.05, 0.1) is 29.0 Å². The monoisotopic (exact) mass is 520 g/mol. The van der Waals surface area contributed by atoms with Gasteiger partial charge in [-0.2, -0.15) is 0 Å². The zero-order valence-corrected chi connectivity index (χ0v) is 22.0. The van der Waals surface area contributed by atoms with Crippen LogP contribution in [0.4, 0.5) is 0 Å². The molecule has 0 amide bonds. The second-order valence-corrected chi connectivity index (χ2v) is 12.0. The Bertz CT molecular complexity index is 966. The van der Waals surface area contributed by atoms with Crippen LogP contribution in [0.25, 0.3) is 0 Å². The summed E-state index contributed by atoms with van der Waals surface area (Å²) in [6, 6.07) is 11.6. The van der Waals surface area contributed by atoms with E-state index in [2.05, 4.69) is 13.8 Å². The highest BCUT2D eigenvalue weighted by molar-refractivity contribution is 7.91. The van der Waals surface area contributed by atoms with Gasteiger partial charge in [0.1, 0.15) is 15.6 Å². The van der Waals surface area contributed by atoms with Crippen molar-refractivity contribution in [3.05, 3.63) is 57.6 Å². The molecule has 0 radical (unpaired) electrons. The molecule has 0 N–H and O–H groups in total. The van der Waals surface area contributed by atoms with Gasteiger partial charge in [0, 0.05) is 23.0 Å². The van der Waals surface area contributed by atoms with Gasteiger partial charge in [-0.25, -0.2) is 8.42 Å². The summed E-state index contributed by atoms with van der Waals surface area (Å²) in [7, 11) is -3.07. The lowest BCUT2D eigenvalue weighted by molar-refractivity contribution is 0.272. The third-order valence-electron chi connectivity index (χ3n) is 5.33. The fourth-order valence-corrected chi connectivity index (χ4v) is 5.17. The molecule has 0 aliphatic rings. The number of sulfone groups is 1. The quantitative estimate of drug-likeness (QED) is 0.228. The Morgan fingerprint density at radius 1 is 1.00 bits per heavy atom. The van der Waals surface area contributed by atoms with E-state index in [9.17, 15) is 8.42 Å². The minimum absolute atomic E-state index is 0.0649. The second-order valence-electron chi connectivity index (χ2n) is 8.42. The van der Waals surface area contributed by atoms with Crippen molar-refractivity contribution in [2.75, 3.05) is 30.6 Å². The Hall–Kier alpha value is -1.14. The smallest absolute Gasteiger partial charge is 0.156 e. The third kappa shape index (κ3) is 7.44. The van der Waals surface area contributed by atoms with Crippen LogP contribution in [0.1, 0.15) is 45.2 Å². The van der Waals surface area contributed by atoms with Crippen molar-refractivity contribution in [1.29, 1.82) is 0 Å². The van der Waals surface area contributed by atoms with Crippen LogP contribution in [0.15, 0.2) is 36.4 Å². The summed E-state index contributed by atoms with van der Waals surface area (Å²) in [5.74, 6) is 1.75. The lowest BCUT2D eigenvalue weighted by atomic mass is 9.78. The number of hydrogen-bond acceptors (Lipinski definition) is 4. The summed E-state index contributed by atoms with van der Waals surface area (Å²) in [5, 5.41) is 0.791. The fourth-order valence-electron chi connectivity index (χ4n) is 3.26. The predicted octanol–water partition coefficient (Wildman–Crippen LogP) is 6.78. The van der Waals surface area contributed by atoms with Crippen molar-refractivity contribution in [2.45, 2.75) is 39.5 Å². The molecule has 2 aromatic carbocycles. The summed E-state index contributed by atoms with van der Waals surface area (Å²) in [6.07, 6.45) is 0.799. The van der Waals surface area contributed by atoms with E-state index in [1.807, 2.05) is 43.3 Å². The SMILES string of the molecule is CCS(=O)(=O)C[C@@H](C)COc1c(Cl)cc(C(C)(C)c2ccc(OCCCCl)cc2)cc1Cl. The van der Waals surface area contributed by atoms with Crippen LogP contribution in [0.2, 0.25) is 10.0 Å². The molecule has 0 aliphatic heterocycles. The number of benzene rings is 2. The van der Waals surface area contributed by atoms with Crippen molar-refractivity contribution in [3.63, 3.8) is 0 Å². The molecule has 0 saturated carbocycles. The lowest BCUT2D eigenvalue weighted by Gasteiger charge is -2.27. The van der Waals surface area contributed by atoms with Gasteiger partial charge in [-0.3, -0.25) is 0 Å². The van der Waals surface area contributed by atoms with Crippen molar-refractivity contribution in [2.24, 2.45) is 5.92 Å².